The summed E-state index contributed by atoms with van der Waals surface area (Å²) in [6, 6.07) is 8.97. The van der Waals surface area contributed by atoms with Crippen molar-refractivity contribution in [1.29, 1.82) is 0 Å². The van der Waals surface area contributed by atoms with Crippen molar-refractivity contribution >= 4 is 11.8 Å². The Hall–Kier alpha value is -1.96. The van der Waals surface area contributed by atoms with Crippen LogP contribution in [-0.2, 0) is 9.59 Å². The van der Waals surface area contributed by atoms with Crippen molar-refractivity contribution in [3.8, 4) is 0 Å². The van der Waals surface area contributed by atoms with Gasteiger partial charge in [0.05, 0.1) is 19.1 Å². The van der Waals surface area contributed by atoms with E-state index in [2.05, 4.69) is 16.2 Å². The number of hydrogen-bond donors (Lipinski definition) is 4. The van der Waals surface area contributed by atoms with E-state index in [9.17, 15) is 9.59 Å². The number of nitrogens with zero attached hydrogens (tertiary/aromatic N) is 1. The maximum Gasteiger partial charge on any atom is 0.240 e. The van der Waals surface area contributed by atoms with Crippen LogP contribution in [0.2, 0.25) is 0 Å². The fraction of sp³-hybridized carbons (Fsp3) is 0.385. The van der Waals surface area contributed by atoms with Gasteiger partial charge in [-0.3, -0.25) is 15.4 Å². The molecule has 2 atom stereocenters. The van der Waals surface area contributed by atoms with Gasteiger partial charge in [0.1, 0.15) is 6.04 Å². The van der Waals surface area contributed by atoms with Gasteiger partial charge in [0, 0.05) is 0 Å². The van der Waals surface area contributed by atoms with E-state index < -0.39 is 6.04 Å². The third-order valence-corrected chi connectivity index (χ3v) is 3.32. The fourth-order valence-corrected chi connectivity index (χ4v) is 2.17. The molecular formula is C13H19N5O2. The number of amides is 2. The van der Waals surface area contributed by atoms with Crippen molar-refractivity contribution in [2.24, 2.45) is 5.84 Å². The monoisotopic (exact) mass is 277 g/mol. The van der Waals surface area contributed by atoms with E-state index in [1.165, 1.54) is 5.01 Å². The molecule has 0 aromatic heterocycles. The first-order chi connectivity index (χ1) is 9.61. The van der Waals surface area contributed by atoms with E-state index in [0.717, 1.165) is 5.56 Å². The van der Waals surface area contributed by atoms with E-state index in [-0.39, 0.29) is 24.3 Å². The second-order valence-corrected chi connectivity index (χ2v) is 4.72. The topological polar surface area (TPSA) is 99.5 Å². The molecule has 7 heteroatoms. The Morgan fingerprint density at radius 3 is 2.85 bits per heavy atom. The molecule has 1 aromatic rings. The lowest BCUT2D eigenvalue weighted by atomic mass is 10.1. The molecule has 1 aliphatic rings. The van der Waals surface area contributed by atoms with Crippen LogP contribution in [0.25, 0.3) is 0 Å². The number of hydrogen-bond acceptors (Lipinski definition) is 5. The number of hydrazine groups is 2. The summed E-state index contributed by atoms with van der Waals surface area (Å²) in [4.78, 5) is 23.6. The maximum atomic E-state index is 12.0. The molecular weight excluding hydrogens is 258 g/mol. The Morgan fingerprint density at radius 2 is 2.20 bits per heavy atom. The highest BCUT2D eigenvalue weighted by molar-refractivity contribution is 5.89. The van der Waals surface area contributed by atoms with E-state index in [4.69, 9.17) is 5.84 Å². The number of nitrogens with two attached hydrogens (primary N) is 1. The van der Waals surface area contributed by atoms with Crippen molar-refractivity contribution in [3.63, 3.8) is 0 Å². The minimum atomic E-state index is -0.581. The number of nitrogens with one attached hydrogen (secondary N) is 3. The molecule has 2 amide bonds. The summed E-state index contributed by atoms with van der Waals surface area (Å²) in [6.45, 7) is 2.20. The first kappa shape index (κ1) is 14.4. The summed E-state index contributed by atoms with van der Waals surface area (Å²) >= 11 is 0. The van der Waals surface area contributed by atoms with Crippen molar-refractivity contribution in [2.45, 2.75) is 25.4 Å². The van der Waals surface area contributed by atoms with E-state index >= 15 is 0 Å². The molecule has 20 heavy (non-hydrogen) atoms. The summed E-state index contributed by atoms with van der Waals surface area (Å²) in [5.74, 6) is 4.91. The lowest BCUT2D eigenvalue weighted by molar-refractivity contribution is -0.128. The Bertz CT molecular complexity index is 479. The van der Waals surface area contributed by atoms with Crippen LogP contribution in [0.15, 0.2) is 30.3 Å². The highest BCUT2D eigenvalue weighted by atomic mass is 16.2. The van der Waals surface area contributed by atoms with Gasteiger partial charge in [0.25, 0.3) is 0 Å². The first-order valence-corrected chi connectivity index (χ1v) is 6.46. The van der Waals surface area contributed by atoms with E-state index in [1.54, 1.807) is 0 Å². The molecule has 0 radical (unpaired) electrons. The molecule has 0 aliphatic carbocycles. The summed E-state index contributed by atoms with van der Waals surface area (Å²) in [5, 5.41) is 6.99. The second-order valence-electron chi connectivity index (χ2n) is 4.72. The fourth-order valence-electron chi connectivity index (χ4n) is 2.17. The number of carbonyl (C=O) groups is 2. The van der Waals surface area contributed by atoms with Gasteiger partial charge < -0.3 is 10.6 Å². The van der Waals surface area contributed by atoms with E-state index in [0.29, 0.717) is 6.67 Å². The molecule has 2 rings (SSSR count). The summed E-state index contributed by atoms with van der Waals surface area (Å²) in [6.07, 6.45) is 0.0627. The third kappa shape index (κ3) is 3.32. The third-order valence-electron chi connectivity index (χ3n) is 3.32. The first-order valence-electron chi connectivity index (χ1n) is 6.46. The normalized spacial score (nSPS) is 20.5. The molecule has 0 saturated carbocycles. The van der Waals surface area contributed by atoms with Gasteiger partial charge in [-0.05, 0) is 12.5 Å². The van der Waals surface area contributed by atoms with Crippen molar-refractivity contribution < 1.29 is 9.59 Å². The van der Waals surface area contributed by atoms with Gasteiger partial charge in [-0.25, -0.2) is 0 Å². The number of benzene rings is 1. The molecule has 1 heterocycles. The zero-order valence-corrected chi connectivity index (χ0v) is 11.3. The average Bonchev–Trinajstić information content (AvgIpc) is 2.80. The molecule has 5 N–H and O–H groups in total. The molecule has 1 aliphatic heterocycles. The van der Waals surface area contributed by atoms with Gasteiger partial charge in [-0.2, -0.15) is 10.5 Å². The molecule has 0 spiro atoms. The quantitative estimate of drug-likeness (QED) is 0.425. The molecule has 7 nitrogen and oxygen atoms in total. The predicted molar refractivity (Wildman–Crippen MR) is 73.6 cm³/mol. The van der Waals surface area contributed by atoms with Crippen molar-refractivity contribution in [3.05, 3.63) is 35.9 Å². The lowest BCUT2D eigenvalue weighted by Crippen LogP contribution is -2.49. The van der Waals surface area contributed by atoms with Crippen LogP contribution in [0, 0.1) is 0 Å². The SMILES string of the molecule is CC(NC(=O)CC1C(=O)NCN1NN)c1ccccc1. The van der Waals surface area contributed by atoms with Crippen LogP contribution in [0.1, 0.15) is 24.9 Å². The van der Waals surface area contributed by atoms with Gasteiger partial charge in [0.15, 0.2) is 0 Å². The Kier molecular flexibility index (Phi) is 4.67. The minimum absolute atomic E-state index is 0.0627. The summed E-state index contributed by atoms with van der Waals surface area (Å²) < 4.78 is 0. The Labute approximate surface area is 117 Å². The Balaban J connectivity index is 1.91. The van der Waals surface area contributed by atoms with Crippen LogP contribution < -0.4 is 22.0 Å². The largest absolute Gasteiger partial charge is 0.350 e. The van der Waals surface area contributed by atoms with Crippen LogP contribution in [-0.4, -0.2) is 29.5 Å². The summed E-state index contributed by atoms with van der Waals surface area (Å²) in [5.41, 5.74) is 3.42. The standard InChI is InChI=1S/C13H19N5O2/c1-9(10-5-3-2-4-6-10)16-12(19)7-11-13(20)15-8-18(11)17-14/h2-6,9,11,17H,7-8,14H2,1H3,(H,15,20)(H,16,19). The molecule has 108 valence electrons. The lowest BCUT2D eigenvalue weighted by Gasteiger charge is -2.20. The van der Waals surface area contributed by atoms with Crippen LogP contribution >= 0.6 is 0 Å². The molecule has 1 aromatic carbocycles. The zero-order chi connectivity index (χ0) is 14.5. The van der Waals surface area contributed by atoms with Gasteiger partial charge in [-0.15, -0.1) is 0 Å². The Morgan fingerprint density at radius 1 is 1.50 bits per heavy atom. The highest BCUT2D eigenvalue weighted by Gasteiger charge is 2.33. The van der Waals surface area contributed by atoms with Crippen LogP contribution in [0.3, 0.4) is 0 Å². The second kappa shape index (κ2) is 6.47. The van der Waals surface area contributed by atoms with Crippen molar-refractivity contribution in [1.82, 2.24) is 21.2 Å². The molecule has 1 saturated heterocycles. The zero-order valence-electron chi connectivity index (χ0n) is 11.3. The molecule has 0 bridgehead atoms. The number of carbonyl (C=O) groups excluding carboxylic acids is 2. The van der Waals surface area contributed by atoms with Crippen molar-refractivity contribution in [2.75, 3.05) is 6.67 Å². The molecule has 1 fully saturated rings. The number of rotatable bonds is 5. The van der Waals surface area contributed by atoms with Gasteiger partial charge in [-0.1, -0.05) is 30.3 Å². The van der Waals surface area contributed by atoms with Gasteiger partial charge >= 0.3 is 0 Å². The van der Waals surface area contributed by atoms with Crippen LogP contribution in [0.5, 0.6) is 0 Å². The van der Waals surface area contributed by atoms with E-state index in [1.807, 2.05) is 37.3 Å². The molecule has 2 unspecified atom stereocenters. The maximum absolute atomic E-state index is 12.0. The van der Waals surface area contributed by atoms with Gasteiger partial charge in [0.2, 0.25) is 11.8 Å². The average molecular weight is 277 g/mol. The highest BCUT2D eigenvalue weighted by Crippen LogP contribution is 2.13. The van der Waals surface area contributed by atoms with Crippen LogP contribution in [0.4, 0.5) is 0 Å². The summed E-state index contributed by atoms with van der Waals surface area (Å²) in [7, 11) is 0. The smallest absolute Gasteiger partial charge is 0.240 e. The predicted octanol–water partition coefficient (Wildman–Crippen LogP) is -0.610. The minimum Gasteiger partial charge on any atom is -0.350 e.